The SMILES string of the molecule is NCC/C=C/C(N)SC(=O)O. The number of rotatable bonds is 4. The van der Waals surface area contributed by atoms with Gasteiger partial charge in [-0.1, -0.05) is 12.2 Å². The molecule has 4 nitrogen and oxygen atoms in total. The Hall–Kier alpha value is -0.520. The molecule has 0 heterocycles. The van der Waals surface area contributed by atoms with Crippen molar-refractivity contribution in [3.63, 3.8) is 0 Å². The van der Waals surface area contributed by atoms with Crippen molar-refractivity contribution >= 4 is 17.1 Å². The van der Waals surface area contributed by atoms with E-state index in [0.29, 0.717) is 18.3 Å². The Labute approximate surface area is 69.6 Å². The van der Waals surface area contributed by atoms with Crippen LogP contribution >= 0.6 is 11.8 Å². The monoisotopic (exact) mass is 176 g/mol. The van der Waals surface area contributed by atoms with E-state index in [0.717, 1.165) is 6.42 Å². The molecule has 0 fully saturated rings. The summed E-state index contributed by atoms with van der Waals surface area (Å²) in [6.07, 6.45) is 4.14. The normalized spacial score (nSPS) is 13.6. The van der Waals surface area contributed by atoms with Crippen LogP contribution in [0.3, 0.4) is 0 Å². The van der Waals surface area contributed by atoms with E-state index in [1.807, 2.05) is 0 Å². The molecule has 0 spiro atoms. The summed E-state index contributed by atoms with van der Waals surface area (Å²) in [5, 5.41) is 6.83. The summed E-state index contributed by atoms with van der Waals surface area (Å²) in [5.41, 5.74) is 10.6. The van der Waals surface area contributed by atoms with Gasteiger partial charge < -0.3 is 16.6 Å². The van der Waals surface area contributed by atoms with Gasteiger partial charge in [0.15, 0.2) is 0 Å². The van der Waals surface area contributed by atoms with Gasteiger partial charge in [0.05, 0.1) is 5.37 Å². The quantitative estimate of drug-likeness (QED) is 0.431. The van der Waals surface area contributed by atoms with Gasteiger partial charge in [-0.05, 0) is 24.7 Å². The summed E-state index contributed by atoms with van der Waals surface area (Å²) in [5.74, 6) is 0. The zero-order chi connectivity index (χ0) is 8.69. The molecule has 0 saturated carbocycles. The molecule has 0 saturated heterocycles. The average Bonchev–Trinajstić information content (AvgIpc) is 1.86. The van der Waals surface area contributed by atoms with Gasteiger partial charge >= 0.3 is 5.30 Å². The zero-order valence-corrected chi connectivity index (χ0v) is 6.88. The average molecular weight is 176 g/mol. The summed E-state index contributed by atoms with van der Waals surface area (Å²) in [6.45, 7) is 0.557. The van der Waals surface area contributed by atoms with Crippen molar-refractivity contribution in [2.45, 2.75) is 11.8 Å². The smallest absolute Gasteiger partial charge is 0.366 e. The fourth-order valence-corrected chi connectivity index (χ4v) is 0.905. The molecule has 64 valence electrons. The summed E-state index contributed by atoms with van der Waals surface area (Å²) >= 11 is 0.672. The second kappa shape index (κ2) is 6.21. The minimum atomic E-state index is -0.963. The zero-order valence-electron chi connectivity index (χ0n) is 6.06. The maximum absolute atomic E-state index is 10.1. The number of nitrogens with two attached hydrogens (primary N) is 2. The summed E-state index contributed by atoms with van der Waals surface area (Å²) in [6, 6.07) is 0. The number of hydrogen-bond donors (Lipinski definition) is 3. The molecule has 1 atom stereocenters. The van der Waals surface area contributed by atoms with Crippen molar-refractivity contribution < 1.29 is 9.90 Å². The van der Waals surface area contributed by atoms with E-state index in [9.17, 15) is 4.79 Å². The van der Waals surface area contributed by atoms with Gasteiger partial charge in [-0.15, -0.1) is 0 Å². The Bertz CT molecular complexity index is 150. The highest BCUT2D eigenvalue weighted by atomic mass is 32.2. The Morgan fingerprint density at radius 2 is 2.36 bits per heavy atom. The van der Waals surface area contributed by atoms with Crippen molar-refractivity contribution in [2.24, 2.45) is 11.5 Å². The van der Waals surface area contributed by atoms with E-state index in [2.05, 4.69) is 0 Å². The van der Waals surface area contributed by atoms with Gasteiger partial charge in [-0.3, -0.25) is 0 Å². The molecule has 11 heavy (non-hydrogen) atoms. The summed E-state index contributed by atoms with van der Waals surface area (Å²) < 4.78 is 0. The van der Waals surface area contributed by atoms with Gasteiger partial charge in [0.25, 0.3) is 0 Å². The van der Waals surface area contributed by atoms with Crippen LogP contribution < -0.4 is 11.5 Å². The molecule has 0 radical (unpaired) electrons. The molecule has 0 aromatic rings. The van der Waals surface area contributed by atoms with Crippen LogP contribution in [0.4, 0.5) is 4.79 Å². The second-order valence-corrected chi connectivity index (χ2v) is 2.98. The first kappa shape index (κ1) is 10.5. The van der Waals surface area contributed by atoms with Crippen LogP contribution in [0.25, 0.3) is 0 Å². The van der Waals surface area contributed by atoms with Gasteiger partial charge in [0.1, 0.15) is 0 Å². The fraction of sp³-hybridized carbons (Fsp3) is 0.500. The Morgan fingerprint density at radius 3 is 2.82 bits per heavy atom. The number of thioether (sulfide) groups is 1. The minimum Gasteiger partial charge on any atom is -0.473 e. The van der Waals surface area contributed by atoms with Crippen LogP contribution in [0.2, 0.25) is 0 Å². The molecule has 0 aromatic carbocycles. The highest BCUT2D eigenvalue weighted by Gasteiger charge is 2.03. The van der Waals surface area contributed by atoms with Gasteiger partial charge in [-0.2, -0.15) is 0 Å². The first-order chi connectivity index (χ1) is 5.16. The lowest BCUT2D eigenvalue weighted by Crippen LogP contribution is -2.14. The van der Waals surface area contributed by atoms with Crippen LogP contribution in [0.5, 0.6) is 0 Å². The van der Waals surface area contributed by atoms with Crippen molar-refractivity contribution in [3.8, 4) is 0 Å². The molecular weight excluding hydrogens is 164 g/mol. The third-order valence-corrected chi connectivity index (χ3v) is 1.53. The molecule has 0 aromatic heterocycles. The minimum absolute atomic E-state index is 0.473. The first-order valence-electron chi connectivity index (χ1n) is 3.18. The molecule has 0 aliphatic rings. The number of carboxylic acid groups (broad SMARTS) is 1. The van der Waals surface area contributed by atoms with E-state index >= 15 is 0 Å². The Balaban J connectivity index is 3.50. The lowest BCUT2D eigenvalue weighted by atomic mass is 10.4. The summed E-state index contributed by atoms with van der Waals surface area (Å²) in [4.78, 5) is 10.1. The number of hydrogen-bond acceptors (Lipinski definition) is 4. The molecule has 5 heteroatoms. The molecule has 1 unspecified atom stereocenters. The van der Waals surface area contributed by atoms with E-state index in [4.69, 9.17) is 16.6 Å². The summed E-state index contributed by atoms with van der Waals surface area (Å²) in [7, 11) is 0. The highest BCUT2D eigenvalue weighted by molar-refractivity contribution is 8.13. The maximum Gasteiger partial charge on any atom is 0.366 e. The van der Waals surface area contributed by atoms with E-state index < -0.39 is 10.7 Å². The van der Waals surface area contributed by atoms with Crippen LogP contribution in [-0.2, 0) is 0 Å². The standard InChI is InChI=1S/C6H12N2O2S/c7-4-2-1-3-5(8)11-6(9)10/h1,3,5H,2,4,7-8H2,(H,9,10)/b3-1+. The fourth-order valence-electron chi connectivity index (χ4n) is 0.482. The van der Waals surface area contributed by atoms with E-state index in [1.165, 1.54) is 0 Å². The van der Waals surface area contributed by atoms with Crippen molar-refractivity contribution in [1.82, 2.24) is 0 Å². The molecular formula is C6H12N2O2S. The lowest BCUT2D eigenvalue weighted by molar-refractivity contribution is 0.222. The largest absolute Gasteiger partial charge is 0.473 e. The molecule has 0 amide bonds. The number of carbonyl (C=O) groups is 1. The molecule has 0 aliphatic heterocycles. The predicted molar refractivity (Wildman–Crippen MR) is 46.4 cm³/mol. The predicted octanol–water partition coefficient (Wildman–Crippen LogP) is 0.587. The van der Waals surface area contributed by atoms with Crippen LogP contribution in [0.1, 0.15) is 6.42 Å². The highest BCUT2D eigenvalue weighted by Crippen LogP contribution is 2.07. The third kappa shape index (κ3) is 7.38. The molecule has 5 N–H and O–H groups in total. The van der Waals surface area contributed by atoms with Crippen molar-refractivity contribution in [3.05, 3.63) is 12.2 Å². The van der Waals surface area contributed by atoms with Crippen molar-refractivity contribution in [2.75, 3.05) is 6.54 Å². The Kier molecular flexibility index (Phi) is 5.91. The first-order valence-corrected chi connectivity index (χ1v) is 4.06. The van der Waals surface area contributed by atoms with Gasteiger partial charge in [-0.25, -0.2) is 4.79 Å². The third-order valence-electron chi connectivity index (χ3n) is 0.896. The van der Waals surface area contributed by atoms with Crippen LogP contribution in [0, 0.1) is 0 Å². The Morgan fingerprint density at radius 1 is 1.73 bits per heavy atom. The van der Waals surface area contributed by atoms with E-state index in [1.54, 1.807) is 12.2 Å². The molecule has 0 aliphatic carbocycles. The van der Waals surface area contributed by atoms with E-state index in [-0.39, 0.29) is 0 Å². The van der Waals surface area contributed by atoms with Crippen LogP contribution in [0.15, 0.2) is 12.2 Å². The lowest BCUT2D eigenvalue weighted by Gasteiger charge is -1.99. The van der Waals surface area contributed by atoms with Gasteiger partial charge in [0.2, 0.25) is 0 Å². The second-order valence-electron chi connectivity index (χ2n) is 1.85. The van der Waals surface area contributed by atoms with Gasteiger partial charge in [0, 0.05) is 0 Å². The topological polar surface area (TPSA) is 89.3 Å². The van der Waals surface area contributed by atoms with Crippen molar-refractivity contribution in [1.29, 1.82) is 0 Å². The molecule has 0 bridgehead atoms. The maximum atomic E-state index is 10.1. The molecule has 0 rings (SSSR count). The van der Waals surface area contributed by atoms with Crippen LogP contribution in [-0.4, -0.2) is 22.3 Å².